The number of piperazine rings is 1. The van der Waals surface area contributed by atoms with Crippen molar-refractivity contribution in [3.05, 3.63) is 52.4 Å². The van der Waals surface area contributed by atoms with E-state index in [1.54, 1.807) is 6.33 Å². The van der Waals surface area contributed by atoms with Crippen LogP contribution in [0.3, 0.4) is 0 Å². The number of hydrogen-bond acceptors (Lipinski definition) is 5. The van der Waals surface area contributed by atoms with Gasteiger partial charge in [-0.1, -0.05) is 30.7 Å². The Bertz CT molecular complexity index is 1030. The van der Waals surface area contributed by atoms with Crippen LogP contribution in [0.1, 0.15) is 68.7 Å². The highest BCUT2D eigenvalue weighted by Gasteiger charge is 2.41. The zero-order chi connectivity index (χ0) is 23.2. The van der Waals surface area contributed by atoms with Crippen molar-refractivity contribution in [1.82, 2.24) is 20.2 Å². The van der Waals surface area contributed by atoms with Gasteiger partial charge >= 0.3 is 0 Å². The number of anilines is 1. The molecule has 176 valence electrons. The molecule has 6 nitrogen and oxygen atoms in total. The minimum atomic E-state index is -0.222. The molecule has 0 saturated carbocycles. The average molecular weight is 468 g/mol. The summed E-state index contributed by atoms with van der Waals surface area (Å²) >= 11 is 6.32. The molecule has 3 heterocycles. The van der Waals surface area contributed by atoms with Crippen LogP contribution in [0.2, 0.25) is 5.02 Å². The normalized spacial score (nSPS) is 25.2. The molecular formula is C26H34ClN5O. The van der Waals surface area contributed by atoms with E-state index < -0.39 is 0 Å². The first kappa shape index (κ1) is 22.6. The number of aryl methyl sites for hydroxylation is 1. The molecule has 3 aliphatic rings. The predicted molar refractivity (Wildman–Crippen MR) is 132 cm³/mol. The first-order valence-electron chi connectivity index (χ1n) is 12.2. The van der Waals surface area contributed by atoms with Crippen molar-refractivity contribution in [2.45, 2.75) is 69.9 Å². The van der Waals surface area contributed by atoms with Gasteiger partial charge in [0.15, 0.2) is 0 Å². The number of aromatic nitrogens is 2. The number of benzene rings is 1. The van der Waals surface area contributed by atoms with Crippen LogP contribution in [-0.2, 0) is 11.2 Å². The number of carbonyl (C=O) groups is 1. The van der Waals surface area contributed by atoms with Crippen LogP contribution < -0.4 is 10.2 Å². The van der Waals surface area contributed by atoms with Crippen molar-refractivity contribution < 1.29 is 4.79 Å². The van der Waals surface area contributed by atoms with E-state index in [0.717, 1.165) is 50.2 Å². The molecule has 0 spiro atoms. The summed E-state index contributed by atoms with van der Waals surface area (Å²) in [6, 6.07) is 7.95. The van der Waals surface area contributed by atoms with Gasteiger partial charge in [0, 0.05) is 54.0 Å². The quantitative estimate of drug-likeness (QED) is 0.732. The Morgan fingerprint density at radius 2 is 1.97 bits per heavy atom. The molecule has 2 aromatic rings. The molecule has 3 atom stereocenters. The molecule has 0 bridgehead atoms. The fraction of sp³-hybridized carbons (Fsp3) is 0.577. The van der Waals surface area contributed by atoms with Gasteiger partial charge in [-0.05, 0) is 63.1 Å². The Labute approximate surface area is 201 Å². The topological polar surface area (TPSA) is 61.4 Å². The van der Waals surface area contributed by atoms with Crippen molar-refractivity contribution in [3.8, 4) is 0 Å². The number of halogens is 1. The van der Waals surface area contributed by atoms with Gasteiger partial charge in [0.2, 0.25) is 5.91 Å². The summed E-state index contributed by atoms with van der Waals surface area (Å²) in [5.41, 5.74) is 3.56. The molecular weight excluding hydrogens is 434 g/mol. The summed E-state index contributed by atoms with van der Waals surface area (Å²) in [5, 5.41) is 4.40. The number of carbonyl (C=O) groups excluding carboxylic acids is 1. The molecule has 5 rings (SSSR count). The summed E-state index contributed by atoms with van der Waals surface area (Å²) in [6.45, 7) is 9.71. The van der Waals surface area contributed by atoms with Crippen LogP contribution in [0, 0.1) is 0 Å². The second kappa shape index (κ2) is 8.88. The highest BCUT2D eigenvalue weighted by atomic mass is 35.5. The fourth-order valence-electron chi connectivity index (χ4n) is 5.87. The molecule has 1 aromatic heterocycles. The van der Waals surface area contributed by atoms with Crippen molar-refractivity contribution in [2.24, 2.45) is 0 Å². The van der Waals surface area contributed by atoms with Crippen LogP contribution in [0.4, 0.5) is 5.82 Å². The van der Waals surface area contributed by atoms with Crippen molar-refractivity contribution in [2.75, 3.05) is 31.1 Å². The molecule has 2 saturated heterocycles. The average Bonchev–Trinajstić information content (AvgIpc) is 3.36. The summed E-state index contributed by atoms with van der Waals surface area (Å²) in [4.78, 5) is 27.4. The molecule has 0 radical (unpaired) electrons. The number of hydrogen-bond donors (Lipinski definition) is 1. The Hall–Kier alpha value is -2.18. The zero-order valence-corrected chi connectivity index (χ0v) is 20.6. The van der Waals surface area contributed by atoms with Crippen molar-refractivity contribution >= 4 is 23.3 Å². The van der Waals surface area contributed by atoms with Crippen molar-refractivity contribution in [1.29, 1.82) is 0 Å². The Morgan fingerprint density at radius 1 is 1.18 bits per heavy atom. The standard InChI is InChI=1S/C26H34ClN5O/c1-17-7-8-20-22(17)24(29-16-28-20)31-11-13-32(14-12-31)25(33)23(18-5-4-6-19(27)15-18)21-9-10-26(2,3)30-21/h4-6,15-17,21,23,30H,7-14H2,1-3H3/t17-,21+,23+/m1/s1. The van der Waals surface area contributed by atoms with E-state index in [-0.39, 0.29) is 23.4 Å². The predicted octanol–water partition coefficient (Wildman–Crippen LogP) is 4.14. The maximum Gasteiger partial charge on any atom is 0.231 e. The third-order valence-corrected chi connectivity index (χ3v) is 7.91. The number of nitrogens with one attached hydrogen (secondary N) is 1. The summed E-state index contributed by atoms with van der Waals surface area (Å²) < 4.78 is 0. The maximum atomic E-state index is 13.9. The Morgan fingerprint density at radius 3 is 2.67 bits per heavy atom. The smallest absolute Gasteiger partial charge is 0.231 e. The van der Waals surface area contributed by atoms with Crippen LogP contribution in [0.5, 0.6) is 0 Å². The minimum Gasteiger partial charge on any atom is -0.353 e. The van der Waals surface area contributed by atoms with E-state index in [4.69, 9.17) is 11.6 Å². The van der Waals surface area contributed by atoms with Crippen LogP contribution in [0.25, 0.3) is 0 Å². The van der Waals surface area contributed by atoms with Crippen molar-refractivity contribution in [3.63, 3.8) is 0 Å². The molecule has 7 heteroatoms. The number of nitrogens with zero attached hydrogens (tertiary/aromatic N) is 4. The largest absolute Gasteiger partial charge is 0.353 e. The van der Waals surface area contributed by atoms with E-state index in [0.29, 0.717) is 24.0 Å². The van der Waals surface area contributed by atoms with Gasteiger partial charge in [0.25, 0.3) is 0 Å². The van der Waals surface area contributed by atoms with E-state index in [9.17, 15) is 4.79 Å². The highest BCUT2D eigenvalue weighted by molar-refractivity contribution is 6.30. The number of fused-ring (bicyclic) bond motifs is 1. The van der Waals surface area contributed by atoms with E-state index in [1.165, 1.54) is 11.3 Å². The fourth-order valence-corrected chi connectivity index (χ4v) is 6.07. The van der Waals surface area contributed by atoms with Gasteiger partial charge in [-0.2, -0.15) is 0 Å². The monoisotopic (exact) mass is 467 g/mol. The molecule has 1 aromatic carbocycles. The lowest BCUT2D eigenvalue weighted by Gasteiger charge is -2.39. The minimum absolute atomic E-state index is 0.0462. The molecule has 33 heavy (non-hydrogen) atoms. The lowest BCUT2D eigenvalue weighted by Crippen LogP contribution is -2.53. The van der Waals surface area contributed by atoms with Crippen LogP contribution >= 0.6 is 11.6 Å². The second-order valence-corrected chi connectivity index (χ2v) is 11.0. The van der Waals surface area contributed by atoms with E-state index >= 15 is 0 Å². The lowest BCUT2D eigenvalue weighted by molar-refractivity contribution is -0.133. The first-order chi connectivity index (χ1) is 15.8. The Kier molecular flexibility index (Phi) is 6.08. The molecule has 2 aliphatic heterocycles. The third-order valence-electron chi connectivity index (χ3n) is 7.68. The molecule has 1 aliphatic carbocycles. The summed E-state index contributed by atoms with van der Waals surface area (Å²) in [7, 11) is 0. The highest BCUT2D eigenvalue weighted by Crippen LogP contribution is 2.38. The van der Waals surface area contributed by atoms with Crippen LogP contribution in [0.15, 0.2) is 30.6 Å². The van der Waals surface area contributed by atoms with Gasteiger partial charge in [-0.3, -0.25) is 4.79 Å². The maximum absolute atomic E-state index is 13.9. The van der Waals surface area contributed by atoms with E-state index in [1.807, 2.05) is 29.2 Å². The van der Waals surface area contributed by atoms with Gasteiger partial charge in [0.05, 0.1) is 5.92 Å². The molecule has 2 fully saturated rings. The van der Waals surface area contributed by atoms with Gasteiger partial charge in [-0.25, -0.2) is 9.97 Å². The van der Waals surface area contributed by atoms with Gasteiger partial charge in [-0.15, -0.1) is 0 Å². The SMILES string of the molecule is C[C@@H]1CCc2ncnc(N3CCN(C(=O)[C@@H](c4cccc(Cl)c4)[C@@H]4CCC(C)(C)N4)CC3)c21. The third kappa shape index (κ3) is 4.47. The summed E-state index contributed by atoms with van der Waals surface area (Å²) in [6.07, 6.45) is 5.93. The van der Waals surface area contributed by atoms with Crippen LogP contribution in [-0.4, -0.2) is 58.5 Å². The first-order valence-corrected chi connectivity index (χ1v) is 12.6. The summed E-state index contributed by atoms with van der Waals surface area (Å²) in [5.74, 6) is 1.55. The second-order valence-electron chi connectivity index (χ2n) is 10.5. The Balaban J connectivity index is 1.34. The van der Waals surface area contributed by atoms with Gasteiger partial charge in [0.1, 0.15) is 12.1 Å². The molecule has 0 unspecified atom stereocenters. The number of rotatable bonds is 4. The molecule has 1 amide bonds. The lowest BCUT2D eigenvalue weighted by atomic mass is 9.88. The molecule has 1 N–H and O–H groups in total. The number of amides is 1. The van der Waals surface area contributed by atoms with E-state index in [2.05, 4.69) is 41.0 Å². The zero-order valence-electron chi connectivity index (χ0n) is 19.9. The van der Waals surface area contributed by atoms with Gasteiger partial charge < -0.3 is 15.1 Å².